The normalized spacial score (nSPS) is 18.3. The first-order chi connectivity index (χ1) is 15.4. The lowest BCUT2D eigenvalue weighted by Gasteiger charge is -2.38. The minimum Gasteiger partial charge on any atom is -0.355 e. The predicted octanol–water partition coefficient (Wildman–Crippen LogP) is 6.33. The van der Waals surface area contributed by atoms with Crippen LogP contribution in [0.1, 0.15) is 30.9 Å². The van der Waals surface area contributed by atoms with Crippen molar-refractivity contribution in [2.75, 3.05) is 18.4 Å². The van der Waals surface area contributed by atoms with Crippen LogP contribution in [0.15, 0.2) is 78.0 Å². The maximum Gasteiger partial charge on any atom is 0.126 e. The molecule has 3 nitrogen and oxygen atoms in total. The van der Waals surface area contributed by atoms with Crippen molar-refractivity contribution < 1.29 is 8.78 Å². The lowest BCUT2D eigenvalue weighted by atomic mass is 9.67. The fourth-order valence-corrected chi connectivity index (χ4v) is 4.18. The van der Waals surface area contributed by atoms with Crippen LogP contribution in [-0.2, 0) is 6.42 Å². The molecule has 0 bridgehead atoms. The SMILES string of the molecule is C=CC1(Cc2ccc(C)c(F)c2)CC(C=N)=C(Nc2ccc(F)cc2)C=C1CCNCC. The van der Waals surface area contributed by atoms with E-state index in [1.165, 1.54) is 23.9 Å². The molecule has 0 saturated carbocycles. The summed E-state index contributed by atoms with van der Waals surface area (Å²) in [4.78, 5) is 0. The van der Waals surface area contributed by atoms with E-state index >= 15 is 0 Å². The van der Waals surface area contributed by atoms with E-state index < -0.39 is 5.41 Å². The summed E-state index contributed by atoms with van der Waals surface area (Å²) in [6.07, 6.45) is 7.37. The summed E-state index contributed by atoms with van der Waals surface area (Å²) in [6.45, 7) is 9.66. The van der Waals surface area contributed by atoms with Gasteiger partial charge in [0.2, 0.25) is 0 Å². The number of rotatable bonds is 10. The monoisotopic (exact) mass is 435 g/mol. The summed E-state index contributed by atoms with van der Waals surface area (Å²) < 4.78 is 27.6. The number of hydrogen-bond acceptors (Lipinski definition) is 3. The Morgan fingerprint density at radius 2 is 1.91 bits per heavy atom. The second-order valence-electron chi connectivity index (χ2n) is 8.29. The minimum absolute atomic E-state index is 0.211. The molecule has 2 aromatic carbocycles. The van der Waals surface area contributed by atoms with E-state index in [9.17, 15) is 8.78 Å². The molecule has 0 fully saturated rings. The Labute approximate surface area is 189 Å². The zero-order valence-corrected chi connectivity index (χ0v) is 18.8. The van der Waals surface area contributed by atoms with Crippen molar-refractivity contribution in [3.8, 4) is 0 Å². The molecule has 0 heterocycles. The summed E-state index contributed by atoms with van der Waals surface area (Å²) in [5, 5.41) is 14.8. The largest absolute Gasteiger partial charge is 0.355 e. The van der Waals surface area contributed by atoms with Crippen molar-refractivity contribution in [2.45, 2.75) is 33.1 Å². The quantitative estimate of drug-likeness (QED) is 0.232. The molecule has 1 aliphatic carbocycles. The van der Waals surface area contributed by atoms with Crippen LogP contribution in [0.4, 0.5) is 14.5 Å². The van der Waals surface area contributed by atoms with Crippen LogP contribution >= 0.6 is 0 Å². The average Bonchev–Trinajstić information content (AvgIpc) is 2.79. The van der Waals surface area contributed by atoms with Gasteiger partial charge in [0.25, 0.3) is 0 Å². The van der Waals surface area contributed by atoms with E-state index in [4.69, 9.17) is 5.41 Å². The van der Waals surface area contributed by atoms with Gasteiger partial charge in [-0.2, -0.15) is 0 Å². The highest BCUT2D eigenvalue weighted by molar-refractivity contribution is 5.81. The molecule has 3 rings (SSSR count). The maximum absolute atomic E-state index is 14.3. The van der Waals surface area contributed by atoms with Crippen LogP contribution in [0, 0.1) is 29.4 Å². The number of aryl methyl sites for hydroxylation is 1. The topological polar surface area (TPSA) is 47.9 Å². The van der Waals surface area contributed by atoms with Crippen LogP contribution < -0.4 is 10.6 Å². The van der Waals surface area contributed by atoms with Gasteiger partial charge in [-0.3, -0.25) is 0 Å². The second kappa shape index (κ2) is 10.5. The maximum atomic E-state index is 14.3. The van der Waals surface area contributed by atoms with Gasteiger partial charge in [0.15, 0.2) is 0 Å². The van der Waals surface area contributed by atoms with Crippen LogP contribution in [0.25, 0.3) is 0 Å². The van der Waals surface area contributed by atoms with Gasteiger partial charge in [-0.15, -0.1) is 6.58 Å². The van der Waals surface area contributed by atoms with Gasteiger partial charge in [-0.1, -0.05) is 30.7 Å². The van der Waals surface area contributed by atoms with Crippen molar-refractivity contribution in [1.29, 1.82) is 5.41 Å². The molecule has 32 heavy (non-hydrogen) atoms. The van der Waals surface area contributed by atoms with E-state index in [2.05, 4.69) is 30.2 Å². The molecule has 1 aliphatic rings. The zero-order valence-electron chi connectivity index (χ0n) is 18.8. The molecule has 0 radical (unpaired) electrons. The molecule has 0 amide bonds. The number of nitrogens with one attached hydrogen (secondary N) is 3. The predicted molar refractivity (Wildman–Crippen MR) is 129 cm³/mol. The van der Waals surface area contributed by atoms with Crippen molar-refractivity contribution in [3.05, 3.63) is 101 Å². The second-order valence-corrected chi connectivity index (χ2v) is 8.29. The van der Waals surface area contributed by atoms with Gasteiger partial charge in [0.1, 0.15) is 11.6 Å². The molecule has 3 N–H and O–H groups in total. The summed E-state index contributed by atoms with van der Waals surface area (Å²) in [6, 6.07) is 11.5. The molecule has 1 atom stereocenters. The third-order valence-corrected chi connectivity index (χ3v) is 6.08. The molecule has 5 heteroatoms. The molecule has 1 unspecified atom stereocenters. The van der Waals surface area contributed by atoms with Crippen molar-refractivity contribution in [3.63, 3.8) is 0 Å². The first-order valence-electron chi connectivity index (χ1n) is 11.0. The number of benzene rings is 2. The average molecular weight is 436 g/mol. The summed E-state index contributed by atoms with van der Waals surface area (Å²) in [5.74, 6) is -0.504. The molecule has 0 spiro atoms. The van der Waals surface area contributed by atoms with E-state index in [0.29, 0.717) is 18.4 Å². The van der Waals surface area contributed by atoms with E-state index in [-0.39, 0.29) is 11.6 Å². The Morgan fingerprint density at radius 3 is 2.53 bits per heavy atom. The lowest BCUT2D eigenvalue weighted by molar-refractivity contribution is 0.429. The number of halogens is 2. The smallest absolute Gasteiger partial charge is 0.126 e. The third kappa shape index (κ3) is 5.40. The van der Waals surface area contributed by atoms with Crippen LogP contribution in [0.5, 0.6) is 0 Å². The van der Waals surface area contributed by atoms with Gasteiger partial charge < -0.3 is 16.0 Å². The van der Waals surface area contributed by atoms with Crippen LogP contribution in [-0.4, -0.2) is 19.3 Å². The highest BCUT2D eigenvalue weighted by atomic mass is 19.1. The van der Waals surface area contributed by atoms with Crippen LogP contribution in [0.2, 0.25) is 0 Å². The Hall–Kier alpha value is -3.05. The first-order valence-corrected chi connectivity index (χ1v) is 11.0. The first kappa shape index (κ1) is 23.6. The zero-order chi connectivity index (χ0) is 23.1. The van der Waals surface area contributed by atoms with Crippen LogP contribution in [0.3, 0.4) is 0 Å². The molecule has 168 valence electrons. The molecular formula is C27H31F2N3. The number of hydrogen-bond donors (Lipinski definition) is 3. The minimum atomic E-state index is -0.419. The standard InChI is InChI=1S/C27H31F2N3/c1-4-27(16-20-7-6-19(3)25(29)14-20)17-21(18-30)26(15-22(27)12-13-31-5-2)32-24-10-8-23(28)9-11-24/h4,6-11,14-15,18,30-32H,1,5,12-13,16-17H2,2-3H3. The molecule has 0 aliphatic heterocycles. The van der Waals surface area contributed by atoms with Crippen molar-refractivity contribution in [2.24, 2.45) is 5.41 Å². The Kier molecular flexibility index (Phi) is 7.75. The van der Waals surface area contributed by atoms with Gasteiger partial charge in [0.05, 0.1) is 0 Å². The summed E-state index contributed by atoms with van der Waals surface area (Å²) >= 11 is 0. The van der Waals surface area contributed by atoms with Gasteiger partial charge in [-0.25, -0.2) is 8.78 Å². The van der Waals surface area contributed by atoms with E-state index in [1.54, 1.807) is 31.2 Å². The van der Waals surface area contributed by atoms with Crippen molar-refractivity contribution >= 4 is 11.9 Å². The lowest BCUT2D eigenvalue weighted by Crippen LogP contribution is -2.31. The molecule has 2 aromatic rings. The van der Waals surface area contributed by atoms with Gasteiger partial charge in [-0.05, 0) is 92.4 Å². The number of anilines is 1. The highest BCUT2D eigenvalue weighted by Gasteiger charge is 2.35. The Bertz CT molecular complexity index is 1040. The van der Waals surface area contributed by atoms with E-state index in [0.717, 1.165) is 42.0 Å². The fourth-order valence-electron chi connectivity index (χ4n) is 4.18. The van der Waals surface area contributed by atoms with Gasteiger partial charge in [0, 0.05) is 23.0 Å². The molecule has 0 saturated heterocycles. The molecular weight excluding hydrogens is 404 g/mol. The highest BCUT2D eigenvalue weighted by Crippen LogP contribution is 2.45. The Balaban J connectivity index is 1.99. The number of allylic oxidation sites excluding steroid dienone is 3. The van der Waals surface area contributed by atoms with Crippen molar-refractivity contribution in [1.82, 2.24) is 5.32 Å². The fraction of sp³-hybridized carbons (Fsp3) is 0.296. The summed E-state index contributed by atoms with van der Waals surface area (Å²) in [5.41, 5.74) is 4.69. The summed E-state index contributed by atoms with van der Waals surface area (Å²) in [7, 11) is 0. The van der Waals surface area contributed by atoms with Gasteiger partial charge >= 0.3 is 0 Å². The third-order valence-electron chi connectivity index (χ3n) is 6.08. The van der Waals surface area contributed by atoms with E-state index in [1.807, 2.05) is 12.1 Å². The Morgan fingerprint density at radius 1 is 1.16 bits per heavy atom. The molecule has 0 aromatic heterocycles.